The lowest BCUT2D eigenvalue weighted by atomic mass is 9.93. The number of rotatable bonds is 2. The molecule has 6 N–H and O–H groups in total. The van der Waals surface area contributed by atoms with Crippen molar-refractivity contribution >= 4 is 11.4 Å². The summed E-state index contributed by atoms with van der Waals surface area (Å²) < 4.78 is 55.4. The van der Waals surface area contributed by atoms with Gasteiger partial charge in [0.15, 0.2) is 23.3 Å². The third-order valence-electron chi connectivity index (χ3n) is 3.20. The van der Waals surface area contributed by atoms with Crippen molar-refractivity contribution in [2.75, 3.05) is 11.5 Å². The number of benzene rings is 2. The van der Waals surface area contributed by atoms with Crippen molar-refractivity contribution in [2.24, 2.45) is 5.73 Å². The van der Waals surface area contributed by atoms with Gasteiger partial charge in [-0.05, 0) is 11.6 Å². The second kappa shape index (κ2) is 5.54. The van der Waals surface area contributed by atoms with E-state index in [4.69, 9.17) is 22.5 Å². The maximum absolute atomic E-state index is 14.1. The maximum atomic E-state index is 14.1. The molecule has 0 spiro atoms. The molecule has 0 unspecified atom stereocenters. The average molecular weight is 310 g/mol. The summed E-state index contributed by atoms with van der Waals surface area (Å²) >= 11 is 0. The number of hydrogen-bond donors (Lipinski definition) is 3. The summed E-state index contributed by atoms with van der Waals surface area (Å²) in [4.78, 5) is 0. The van der Waals surface area contributed by atoms with E-state index in [1.54, 1.807) is 6.07 Å². The molecule has 22 heavy (non-hydrogen) atoms. The summed E-state index contributed by atoms with van der Waals surface area (Å²) in [5.41, 5.74) is 13.8. The number of nitriles is 1. The van der Waals surface area contributed by atoms with E-state index in [2.05, 4.69) is 0 Å². The fourth-order valence-corrected chi connectivity index (χ4v) is 2.14. The largest absolute Gasteiger partial charge is 0.398 e. The van der Waals surface area contributed by atoms with Gasteiger partial charge in [-0.15, -0.1) is 0 Å². The number of nitrogens with zero attached hydrogens (tertiary/aromatic N) is 1. The fraction of sp³-hybridized carbons (Fsp3) is 0.0714. The van der Waals surface area contributed by atoms with Crippen LogP contribution < -0.4 is 17.2 Å². The molecule has 0 aromatic heterocycles. The van der Waals surface area contributed by atoms with E-state index in [0.29, 0.717) is 12.1 Å². The Morgan fingerprint density at radius 3 is 2.05 bits per heavy atom. The van der Waals surface area contributed by atoms with Crippen molar-refractivity contribution in [1.29, 1.82) is 5.26 Å². The quantitative estimate of drug-likeness (QED) is 0.585. The zero-order valence-corrected chi connectivity index (χ0v) is 11.1. The Labute approximate surface area is 122 Å². The third kappa shape index (κ3) is 2.21. The third-order valence-corrected chi connectivity index (χ3v) is 3.20. The minimum Gasteiger partial charge on any atom is -0.398 e. The first-order chi connectivity index (χ1) is 10.3. The Morgan fingerprint density at radius 2 is 1.50 bits per heavy atom. The van der Waals surface area contributed by atoms with Gasteiger partial charge in [0.1, 0.15) is 6.07 Å². The summed E-state index contributed by atoms with van der Waals surface area (Å²) in [6.45, 7) is -0.365. The van der Waals surface area contributed by atoms with Crippen LogP contribution in [0.2, 0.25) is 0 Å². The molecule has 2 rings (SSSR count). The highest BCUT2D eigenvalue weighted by Crippen LogP contribution is 2.39. The molecule has 0 fully saturated rings. The van der Waals surface area contributed by atoms with Crippen LogP contribution in [0.3, 0.4) is 0 Å². The molecule has 0 heterocycles. The van der Waals surface area contributed by atoms with Crippen molar-refractivity contribution in [3.8, 4) is 17.2 Å². The van der Waals surface area contributed by atoms with E-state index in [0.717, 1.165) is 0 Å². The van der Waals surface area contributed by atoms with Crippen LogP contribution >= 0.6 is 0 Å². The molecule has 2 aromatic rings. The van der Waals surface area contributed by atoms with Gasteiger partial charge in [-0.25, -0.2) is 17.6 Å². The summed E-state index contributed by atoms with van der Waals surface area (Å²) in [5, 5.41) is 8.87. The van der Waals surface area contributed by atoms with Gasteiger partial charge in [0.05, 0.1) is 11.3 Å². The van der Waals surface area contributed by atoms with E-state index in [9.17, 15) is 17.6 Å². The predicted octanol–water partition coefficient (Wildman–Crippen LogP) is 2.40. The molecule has 2 aromatic carbocycles. The van der Waals surface area contributed by atoms with Crippen LogP contribution in [0.15, 0.2) is 12.1 Å². The Balaban J connectivity index is 3.01. The first kappa shape index (κ1) is 15.6. The zero-order valence-electron chi connectivity index (χ0n) is 11.1. The second-order valence-electron chi connectivity index (χ2n) is 4.44. The van der Waals surface area contributed by atoms with Crippen LogP contribution in [0.5, 0.6) is 0 Å². The number of nitrogens with two attached hydrogens (primary N) is 3. The Kier molecular flexibility index (Phi) is 3.93. The molecule has 0 aliphatic carbocycles. The molecule has 0 bridgehead atoms. The number of hydrogen-bond acceptors (Lipinski definition) is 4. The lowest BCUT2D eigenvalue weighted by Crippen LogP contribution is -2.10. The average Bonchev–Trinajstić information content (AvgIpc) is 2.48. The smallest absolute Gasteiger partial charge is 0.168 e. The first-order valence-electron chi connectivity index (χ1n) is 5.97. The van der Waals surface area contributed by atoms with Crippen molar-refractivity contribution in [3.05, 3.63) is 46.5 Å². The van der Waals surface area contributed by atoms with Gasteiger partial charge in [0, 0.05) is 29.4 Å². The van der Waals surface area contributed by atoms with Crippen molar-refractivity contribution < 1.29 is 17.6 Å². The van der Waals surface area contributed by atoms with Gasteiger partial charge >= 0.3 is 0 Å². The van der Waals surface area contributed by atoms with Crippen molar-refractivity contribution in [2.45, 2.75) is 6.54 Å². The summed E-state index contributed by atoms with van der Waals surface area (Å²) in [6.07, 6.45) is 0. The molecule has 0 aliphatic heterocycles. The number of nitrogen functional groups attached to an aromatic ring is 2. The normalized spacial score (nSPS) is 10.5. The van der Waals surface area contributed by atoms with Gasteiger partial charge in [-0.3, -0.25) is 0 Å². The molecule has 4 nitrogen and oxygen atoms in total. The molecule has 0 atom stereocenters. The molecule has 0 radical (unpaired) electrons. The Hall–Kier alpha value is -2.79. The summed E-state index contributed by atoms with van der Waals surface area (Å²) in [5.74, 6) is -5.79. The molecule has 8 heteroatoms. The SMILES string of the molecule is N#Cc1cc(F)c(F)c(-c2c(F)c(F)cc(N)c2CN)c1N. The molecule has 0 amide bonds. The van der Waals surface area contributed by atoms with E-state index >= 15 is 0 Å². The lowest BCUT2D eigenvalue weighted by Gasteiger charge is -2.16. The molecule has 0 saturated heterocycles. The monoisotopic (exact) mass is 310 g/mol. The molecule has 0 saturated carbocycles. The topological polar surface area (TPSA) is 102 Å². The zero-order chi connectivity index (χ0) is 16.6. The first-order valence-corrected chi connectivity index (χ1v) is 5.97. The highest BCUT2D eigenvalue weighted by molar-refractivity contribution is 5.85. The minimum absolute atomic E-state index is 0.140. The van der Waals surface area contributed by atoms with Crippen LogP contribution in [-0.2, 0) is 6.54 Å². The second-order valence-corrected chi connectivity index (χ2v) is 4.44. The van der Waals surface area contributed by atoms with E-state index in [1.165, 1.54) is 0 Å². The number of anilines is 2. The Bertz CT molecular complexity index is 797. The number of halogens is 4. The summed E-state index contributed by atoms with van der Waals surface area (Å²) in [7, 11) is 0. The minimum atomic E-state index is -1.52. The maximum Gasteiger partial charge on any atom is 0.168 e. The van der Waals surface area contributed by atoms with E-state index in [-0.39, 0.29) is 17.8 Å². The van der Waals surface area contributed by atoms with Crippen molar-refractivity contribution in [1.82, 2.24) is 0 Å². The van der Waals surface area contributed by atoms with Gasteiger partial charge < -0.3 is 17.2 Å². The predicted molar refractivity (Wildman–Crippen MR) is 73.1 cm³/mol. The molecule has 114 valence electrons. The van der Waals surface area contributed by atoms with Crippen LogP contribution in [-0.4, -0.2) is 0 Å². The Morgan fingerprint density at radius 1 is 0.955 bits per heavy atom. The van der Waals surface area contributed by atoms with Gasteiger partial charge in [0.25, 0.3) is 0 Å². The molecular weight excluding hydrogens is 300 g/mol. The van der Waals surface area contributed by atoms with Gasteiger partial charge in [-0.1, -0.05) is 0 Å². The molecule has 0 aliphatic rings. The van der Waals surface area contributed by atoms with Crippen molar-refractivity contribution in [3.63, 3.8) is 0 Å². The lowest BCUT2D eigenvalue weighted by molar-refractivity contribution is 0.501. The van der Waals surface area contributed by atoms with Gasteiger partial charge in [-0.2, -0.15) is 5.26 Å². The fourth-order valence-electron chi connectivity index (χ4n) is 2.14. The van der Waals surface area contributed by atoms with Crippen LogP contribution in [0.1, 0.15) is 11.1 Å². The highest BCUT2D eigenvalue weighted by Gasteiger charge is 2.26. The van der Waals surface area contributed by atoms with Crippen LogP contribution in [0, 0.1) is 34.6 Å². The standard InChI is InChI=1S/C14H10F4N4/c15-7-1-5(3-19)14(22)11(13(7)18)10-6(4-20)9(21)2-8(16)12(10)17/h1-2H,4,20-22H2. The molecular formula is C14H10F4N4. The van der Waals surface area contributed by atoms with Crippen LogP contribution in [0.25, 0.3) is 11.1 Å². The van der Waals surface area contributed by atoms with Gasteiger partial charge in [0.2, 0.25) is 0 Å². The van der Waals surface area contributed by atoms with E-state index < -0.39 is 45.6 Å². The summed E-state index contributed by atoms with van der Waals surface area (Å²) in [6, 6.07) is 2.80. The van der Waals surface area contributed by atoms with E-state index in [1.807, 2.05) is 0 Å². The highest BCUT2D eigenvalue weighted by atomic mass is 19.2. The van der Waals surface area contributed by atoms with Crippen LogP contribution in [0.4, 0.5) is 28.9 Å².